The number of hydrogen-bond acceptors (Lipinski definition) is 2. The topological polar surface area (TPSA) is 17.8 Å². The molecule has 0 bridgehead atoms. The Morgan fingerprint density at radius 2 is 1.86 bits per heavy atom. The van der Waals surface area contributed by atoms with E-state index in [0.717, 1.165) is 22.0 Å². The average molecular weight is 588 g/mol. The molecule has 1 aromatic heterocycles. The Balaban J connectivity index is 1.82. The van der Waals surface area contributed by atoms with Crippen LogP contribution in [0.25, 0.3) is 0 Å². The Morgan fingerprint density at radius 3 is 2.49 bits per heavy atom. The van der Waals surface area contributed by atoms with Crippen LogP contribution >= 0.6 is 67.4 Å². The second kappa shape index (κ2) is 10.8. The van der Waals surface area contributed by atoms with Gasteiger partial charge in [0.25, 0.3) is 0 Å². The maximum atomic E-state index is 14.0. The Hall–Kier alpha value is -1.00. The second-order valence-electron chi connectivity index (χ2n) is 8.97. The van der Waals surface area contributed by atoms with E-state index in [-0.39, 0.29) is 5.83 Å². The van der Waals surface area contributed by atoms with Crippen molar-refractivity contribution in [2.75, 3.05) is 6.16 Å². The molecule has 2 atom stereocenters. The van der Waals surface area contributed by atoms with E-state index in [2.05, 4.69) is 27.7 Å². The first-order valence-electron chi connectivity index (χ1n) is 10.9. The van der Waals surface area contributed by atoms with Crippen molar-refractivity contribution in [3.63, 3.8) is 0 Å². The summed E-state index contributed by atoms with van der Waals surface area (Å²) in [4.78, 5) is 4.84. The van der Waals surface area contributed by atoms with Crippen LogP contribution < -0.4 is 0 Å². The highest BCUT2D eigenvalue weighted by Crippen LogP contribution is 2.43. The maximum Gasteiger partial charge on any atom is 0.169 e. The molecule has 0 saturated heterocycles. The zero-order chi connectivity index (χ0) is 25.4. The van der Waals surface area contributed by atoms with E-state index in [1.807, 2.05) is 42.6 Å². The molecule has 0 saturated carbocycles. The van der Waals surface area contributed by atoms with Crippen molar-refractivity contribution >= 4 is 67.4 Å². The molecule has 35 heavy (non-hydrogen) atoms. The Labute approximate surface area is 232 Å². The molecule has 0 aliphatic heterocycles. The summed E-state index contributed by atoms with van der Waals surface area (Å²) in [6, 6.07) is 11.2. The van der Waals surface area contributed by atoms with E-state index < -0.39 is 11.0 Å². The van der Waals surface area contributed by atoms with Gasteiger partial charge < -0.3 is 4.57 Å². The summed E-state index contributed by atoms with van der Waals surface area (Å²) in [5, 5.41) is 3.04. The molecular weight excluding hydrogens is 564 g/mol. The first-order chi connectivity index (χ1) is 16.6. The summed E-state index contributed by atoms with van der Waals surface area (Å²) in [6.45, 7) is 4.26. The molecule has 0 fully saturated rings. The number of benzene rings is 2. The van der Waals surface area contributed by atoms with Crippen LogP contribution in [0.5, 0.6) is 0 Å². The normalized spacial score (nSPS) is 18.1. The molecule has 9 heteroatoms. The number of halogens is 5. The first-order valence-corrected chi connectivity index (χ1v) is 14.2. The number of allylic oxidation sites excluding steroid dienone is 4. The van der Waals surface area contributed by atoms with Gasteiger partial charge in [-0.25, -0.2) is 9.37 Å². The highest BCUT2D eigenvalue weighted by molar-refractivity contribution is 7.98. The zero-order valence-corrected chi connectivity index (χ0v) is 24.2. The lowest BCUT2D eigenvalue weighted by atomic mass is 9.80. The maximum absolute atomic E-state index is 14.0. The van der Waals surface area contributed by atoms with Crippen LogP contribution in [0.2, 0.25) is 20.1 Å². The van der Waals surface area contributed by atoms with Gasteiger partial charge >= 0.3 is 0 Å². The Morgan fingerprint density at radius 1 is 1.09 bits per heavy atom. The molecule has 0 spiro atoms. The summed E-state index contributed by atoms with van der Waals surface area (Å²) < 4.78 is 16.3. The van der Waals surface area contributed by atoms with Gasteiger partial charge in [0.15, 0.2) is 5.16 Å². The van der Waals surface area contributed by atoms with E-state index in [1.54, 1.807) is 23.9 Å². The molecule has 0 radical (unpaired) electrons. The number of imidazole rings is 1. The van der Waals surface area contributed by atoms with Crippen molar-refractivity contribution in [2.45, 2.75) is 42.1 Å². The fourth-order valence-electron chi connectivity index (χ4n) is 4.18. The average Bonchev–Trinajstić information content (AvgIpc) is 3.26. The molecule has 2 aromatic carbocycles. The number of thioether (sulfide) groups is 1. The van der Waals surface area contributed by atoms with Crippen molar-refractivity contribution in [3.05, 3.63) is 104 Å². The van der Waals surface area contributed by atoms with Gasteiger partial charge in [-0.2, -0.15) is 0 Å². The van der Waals surface area contributed by atoms with Crippen LogP contribution in [-0.4, -0.2) is 15.7 Å². The van der Waals surface area contributed by atoms with Crippen LogP contribution in [0, 0.1) is 0 Å². The van der Waals surface area contributed by atoms with Crippen LogP contribution in [0.4, 0.5) is 4.39 Å². The quantitative estimate of drug-likeness (QED) is 0.202. The third-order valence-electron chi connectivity index (χ3n) is 6.39. The van der Waals surface area contributed by atoms with Crippen LogP contribution in [-0.2, 0) is 16.7 Å². The zero-order valence-electron chi connectivity index (χ0n) is 19.2. The van der Waals surface area contributed by atoms with E-state index in [1.165, 1.54) is 6.08 Å². The van der Waals surface area contributed by atoms with Gasteiger partial charge in [-0.15, -0.1) is 9.24 Å². The van der Waals surface area contributed by atoms with Gasteiger partial charge in [0.1, 0.15) is 5.83 Å². The highest BCUT2D eigenvalue weighted by Gasteiger charge is 2.38. The third-order valence-corrected chi connectivity index (χ3v) is 9.42. The van der Waals surface area contributed by atoms with Crippen LogP contribution in [0.3, 0.4) is 0 Å². The molecule has 1 heterocycles. The van der Waals surface area contributed by atoms with Crippen molar-refractivity contribution < 1.29 is 4.39 Å². The molecule has 1 aliphatic rings. The fourth-order valence-corrected chi connectivity index (χ4v) is 6.59. The number of aromatic nitrogens is 2. The minimum absolute atomic E-state index is 0.230. The number of hydrogen-bond donors (Lipinski definition) is 0. The summed E-state index contributed by atoms with van der Waals surface area (Å²) in [6.07, 6.45) is 8.19. The van der Waals surface area contributed by atoms with Gasteiger partial charge in [-0.05, 0) is 60.1 Å². The lowest BCUT2D eigenvalue weighted by molar-refractivity contribution is 0.354. The lowest BCUT2D eigenvalue weighted by Crippen LogP contribution is -2.39. The third kappa shape index (κ3) is 5.49. The summed E-state index contributed by atoms with van der Waals surface area (Å²) in [7, 11) is 2.82. The molecule has 1 aliphatic carbocycles. The van der Waals surface area contributed by atoms with Crippen molar-refractivity contribution in [1.29, 1.82) is 0 Å². The van der Waals surface area contributed by atoms with Gasteiger partial charge in [0.05, 0.1) is 21.8 Å². The molecule has 2 unspecified atom stereocenters. The van der Waals surface area contributed by atoms with Crippen molar-refractivity contribution in [2.24, 2.45) is 0 Å². The highest BCUT2D eigenvalue weighted by atomic mass is 35.5. The number of nitrogens with zero attached hydrogens (tertiary/aromatic N) is 2. The molecule has 2 nitrogen and oxygen atoms in total. The first kappa shape index (κ1) is 27.0. The van der Waals surface area contributed by atoms with Crippen LogP contribution in [0.1, 0.15) is 37.1 Å². The smallest absolute Gasteiger partial charge is 0.169 e. The molecule has 0 amide bonds. The Kier molecular flexibility index (Phi) is 8.33. The molecule has 4 rings (SSSR count). The van der Waals surface area contributed by atoms with Gasteiger partial charge in [0, 0.05) is 26.9 Å². The molecule has 0 N–H and O–H groups in total. The number of rotatable bonds is 7. The van der Waals surface area contributed by atoms with Crippen molar-refractivity contribution in [3.8, 4) is 0 Å². The monoisotopic (exact) mass is 586 g/mol. The Bertz CT molecular complexity index is 1320. The van der Waals surface area contributed by atoms with Crippen LogP contribution in [0.15, 0.2) is 71.8 Å². The lowest BCUT2D eigenvalue weighted by Gasteiger charge is -2.38. The van der Waals surface area contributed by atoms with E-state index in [0.29, 0.717) is 38.4 Å². The van der Waals surface area contributed by atoms with E-state index in [9.17, 15) is 4.39 Å². The minimum Gasteiger partial charge on any atom is -0.312 e. The molecule has 184 valence electrons. The predicted octanol–water partition coefficient (Wildman–Crippen LogP) is 9.50. The van der Waals surface area contributed by atoms with Gasteiger partial charge in [0.2, 0.25) is 0 Å². The molecular formula is C26H24Cl4FN2PS. The SMILES string of the molecule is CC(C)(c1ccc(Cl)c(Cl)c1)c1cnc(SCc2ccc(Cl)cc2Cl)n1C1(CP)C=CC(F)=CC1. The van der Waals surface area contributed by atoms with Gasteiger partial charge in [-0.1, -0.05) is 90.2 Å². The summed E-state index contributed by atoms with van der Waals surface area (Å²) >= 11 is 26.6. The standard InChI is InChI=1S/C26H24Cl4FN2PS/c1-25(2,17-4-6-20(28)22(30)11-17)23-13-32-24(35-14-16-3-5-18(27)12-21(16)29)33(23)26(15-34)9-7-19(31)8-10-26/h3-9,11-13H,10,14-15,34H2,1-2H3. The summed E-state index contributed by atoms with van der Waals surface area (Å²) in [5.74, 6) is 0.382. The largest absolute Gasteiger partial charge is 0.312 e. The van der Waals surface area contributed by atoms with E-state index >= 15 is 0 Å². The predicted molar refractivity (Wildman–Crippen MR) is 152 cm³/mol. The van der Waals surface area contributed by atoms with Crippen molar-refractivity contribution in [1.82, 2.24) is 9.55 Å². The fraction of sp³-hybridized carbons (Fsp3) is 0.269. The second-order valence-corrected chi connectivity index (χ2v) is 12.0. The molecule has 3 aromatic rings. The van der Waals surface area contributed by atoms with E-state index in [4.69, 9.17) is 51.4 Å². The minimum atomic E-state index is -0.494. The summed E-state index contributed by atoms with van der Waals surface area (Å²) in [5.41, 5.74) is 2.00. The van der Waals surface area contributed by atoms with Gasteiger partial charge in [-0.3, -0.25) is 0 Å².